The van der Waals surface area contributed by atoms with Crippen LogP contribution < -0.4 is 10.6 Å². The molecule has 0 radical (unpaired) electrons. The van der Waals surface area contributed by atoms with Crippen molar-refractivity contribution in [2.24, 2.45) is 10.9 Å². The first-order valence-electron chi connectivity index (χ1n) is 9.18. The minimum atomic E-state index is 0.515. The molecule has 7 heteroatoms. The van der Waals surface area contributed by atoms with Gasteiger partial charge in [-0.25, -0.2) is 0 Å². The molecule has 0 saturated carbocycles. The van der Waals surface area contributed by atoms with Crippen molar-refractivity contribution in [3.63, 3.8) is 0 Å². The SMILES string of the molecule is CCc1nncn1CCNC(=NC)NC1CCN(CC(C)C)CC1. The fraction of sp³-hybridized carbons (Fsp3) is 0.824. The molecule has 0 aliphatic carbocycles. The van der Waals surface area contributed by atoms with E-state index in [9.17, 15) is 0 Å². The van der Waals surface area contributed by atoms with Crippen LogP contribution >= 0.6 is 0 Å². The van der Waals surface area contributed by atoms with Crippen LogP contribution in [0.15, 0.2) is 11.3 Å². The highest BCUT2D eigenvalue weighted by Gasteiger charge is 2.20. The Bertz CT molecular complexity index is 501. The van der Waals surface area contributed by atoms with Gasteiger partial charge in [0.25, 0.3) is 0 Å². The van der Waals surface area contributed by atoms with Gasteiger partial charge in [-0.2, -0.15) is 0 Å². The zero-order chi connectivity index (χ0) is 17.4. The van der Waals surface area contributed by atoms with E-state index in [4.69, 9.17) is 0 Å². The van der Waals surface area contributed by atoms with Gasteiger partial charge in [-0.15, -0.1) is 10.2 Å². The van der Waals surface area contributed by atoms with E-state index >= 15 is 0 Å². The number of piperidine rings is 1. The van der Waals surface area contributed by atoms with E-state index in [0.717, 1.165) is 37.2 Å². The average Bonchev–Trinajstić information content (AvgIpc) is 3.02. The maximum atomic E-state index is 4.35. The van der Waals surface area contributed by atoms with Crippen molar-refractivity contribution in [1.82, 2.24) is 30.3 Å². The summed E-state index contributed by atoms with van der Waals surface area (Å²) in [5.41, 5.74) is 0. The summed E-state index contributed by atoms with van der Waals surface area (Å²) in [7, 11) is 1.83. The molecule has 24 heavy (non-hydrogen) atoms. The minimum absolute atomic E-state index is 0.515. The summed E-state index contributed by atoms with van der Waals surface area (Å²) in [5.74, 6) is 2.66. The van der Waals surface area contributed by atoms with Gasteiger partial charge in [0, 0.05) is 52.2 Å². The molecule has 0 amide bonds. The number of aromatic nitrogens is 3. The van der Waals surface area contributed by atoms with Crippen LogP contribution in [0.5, 0.6) is 0 Å². The van der Waals surface area contributed by atoms with E-state index in [1.165, 1.54) is 32.5 Å². The normalized spacial score (nSPS) is 17.5. The third kappa shape index (κ3) is 5.78. The van der Waals surface area contributed by atoms with Gasteiger partial charge in [0.15, 0.2) is 5.96 Å². The molecule has 7 nitrogen and oxygen atoms in total. The summed E-state index contributed by atoms with van der Waals surface area (Å²) in [4.78, 5) is 6.92. The Hall–Kier alpha value is -1.63. The summed E-state index contributed by atoms with van der Waals surface area (Å²) >= 11 is 0. The molecule has 1 aromatic rings. The Morgan fingerprint density at radius 2 is 2.12 bits per heavy atom. The third-order valence-electron chi connectivity index (χ3n) is 4.43. The van der Waals surface area contributed by atoms with Crippen LogP contribution in [0, 0.1) is 5.92 Å². The number of hydrogen-bond acceptors (Lipinski definition) is 4. The second kappa shape index (κ2) is 9.61. The Balaban J connectivity index is 1.69. The van der Waals surface area contributed by atoms with E-state index in [0.29, 0.717) is 6.04 Å². The molecule has 1 aliphatic rings. The quantitative estimate of drug-likeness (QED) is 0.577. The van der Waals surface area contributed by atoms with Crippen molar-refractivity contribution in [2.45, 2.75) is 52.6 Å². The Kier molecular flexibility index (Phi) is 7.49. The van der Waals surface area contributed by atoms with Gasteiger partial charge >= 0.3 is 0 Å². The molecular formula is C17H33N7. The third-order valence-corrected chi connectivity index (χ3v) is 4.43. The summed E-state index contributed by atoms with van der Waals surface area (Å²) in [6.45, 7) is 11.9. The van der Waals surface area contributed by atoms with Crippen molar-refractivity contribution in [3.8, 4) is 0 Å². The van der Waals surface area contributed by atoms with Crippen LogP contribution in [0.4, 0.5) is 0 Å². The van der Waals surface area contributed by atoms with Crippen molar-refractivity contribution >= 4 is 5.96 Å². The molecule has 1 aliphatic heterocycles. The lowest BCUT2D eigenvalue weighted by Crippen LogP contribution is -2.49. The first-order valence-corrected chi connectivity index (χ1v) is 9.18. The number of hydrogen-bond donors (Lipinski definition) is 2. The van der Waals surface area contributed by atoms with Crippen LogP contribution in [-0.4, -0.2) is 64.9 Å². The zero-order valence-corrected chi connectivity index (χ0v) is 15.6. The maximum absolute atomic E-state index is 4.35. The molecule has 1 fully saturated rings. The molecule has 0 aromatic carbocycles. The van der Waals surface area contributed by atoms with Crippen LogP contribution in [-0.2, 0) is 13.0 Å². The summed E-state index contributed by atoms with van der Waals surface area (Å²) in [5, 5.41) is 15.0. The average molecular weight is 336 g/mol. The summed E-state index contributed by atoms with van der Waals surface area (Å²) in [6.07, 6.45) is 5.06. The van der Waals surface area contributed by atoms with Gasteiger partial charge in [-0.3, -0.25) is 4.99 Å². The molecule has 0 bridgehead atoms. The van der Waals surface area contributed by atoms with Crippen LogP contribution in [0.1, 0.15) is 39.4 Å². The topological polar surface area (TPSA) is 70.4 Å². The maximum Gasteiger partial charge on any atom is 0.191 e. The van der Waals surface area contributed by atoms with Crippen LogP contribution in [0.3, 0.4) is 0 Å². The van der Waals surface area contributed by atoms with Crippen molar-refractivity contribution in [3.05, 3.63) is 12.2 Å². The fourth-order valence-electron chi connectivity index (χ4n) is 3.20. The Morgan fingerprint density at radius 3 is 2.75 bits per heavy atom. The molecule has 136 valence electrons. The van der Waals surface area contributed by atoms with Gasteiger partial charge in [-0.05, 0) is 18.8 Å². The number of aliphatic imine (C=N–C) groups is 1. The molecular weight excluding hydrogens is 302 g/mol. The highest BCUT2D eigenvalue weighted by molar-refractivity contribution is 5.79. The van der Waals surface area contributed by atoms with Crippen LogP contribution in [0.2, 0.25) is 0 Å². The van der Waals surface area contributed by atoms with Gasteiger partial charge in [-0.1, -0.05) is 20.8 Å². The lowest BCUT2D eigenvalue weighted by Gasteiger charge is -2.34. The standard InChI is InChI=1S/C17H33N7/c1-5-16-22-20-13-24(16)11-8-19-17(18-4)21-15-6-9-23(10-7-15)12-14(2)3/h13-15H,5-12H2,1-4H3,(H2,18,19,21). The van der Waals surface area contributed by atoms with E-state index in [-0.39, 0.29) is 0 Å². The highest BCUT2D eigenvalue weighted by atomic mass is 15.3. The zero-order valence-electron chi connectivity index (χ0n) is 15.6. The van der Waals surface area contributed by atoms with Crippen molar-refractivity contribution in [2.75, 3.05) is 33.2 Å². The second-order valence-corrected chi connectivity index (χ2v) is 6.91. The van der Waals surface area contributed by atoms with Crippen molar-refractivity contribution < 1.29 is 0 Å². The predicted molar refractivity (Wildman–Crippen MR) is 98.2 cm³/mol. The molecule has 0 spiro atoms. The lowest BCUT2D eigenvalue weighted by molar-refractivity contribution is 0.187. The van der Waals surface area contributed by atoms with Gasteiger partial charge in [0.05, 0.1) is 0 Å². The van der Waals surface area contributed by atoms with E-state index in [1.54, 1.807) is 6.33 Å². The minimum Gasteiger partial charge on any atom is -0.355 e. The summed E-state index contributed by atoms with van der Waals surface area (Å²) < 4.78 is 2.09. The molecule has 2 heterocycles. The molecule has 0 unspecified atom stereocenters. The summed E-state index contributed by atoms with van der Waals surface area (Å²) in [6, 6.07) is 0.515. The van der Waals surface area contributed by atoms with E-state index in [1.807, 2.05) is 7.05 Å². The number of likely N-dealkylation sites (tertiary alicyclic amines) is 1. The largest absolute Gasteiger partial charge is 0.355 e. The first-order chi connectivity index (χ1) is 11.6. The molecule has 0 atom stereocenters. The molecule has 2 N–H and O–H groups in total. The first kappa shape index (κ1) is 18.7. The van der Waals surface area contributed by atoms with Gasteiger partial charge < -0.3 is 20.1 Å². The number of guanidine groups is 1. The second-order valence-electron chi connectivity index (χ2n) is 6.91. The highest BCUT2D eigenvalue weighted by Crippen LogP contribution is 2.11. The lowest BCUT2D eigenvalue weighted by atomic mass is 10.0. The predicted octanol–water partition coefficient (Wildman–Crippen LogP) is 1.13. The Labute approximate surface area is 145 Å². The number of rotatable bonds is 7. The molecule has 1 aromatic heterocycles. The Morgan fingerprint density at radius 1 is 1.38 bits per heavy atom. The molecule has 1 saturated heterocycles. The van der Waals surface area contributed by atoms with Crippen LogP contribution in [0.25, 0.3) is 0 Å². The smallest absolute Gasteiger partial charge is 0.191 e. The number of aryl methyl sites for hydroxylation is 1. The monoisotopic (exact) mass is 335 g/mol. The van der Waals surface area contributed by atoms with E-state index in [2.05, 4.69) is 56.1 Å². The van der Waals surface area contributed by atoms with Gasteiger partial charge in [0.2, 0.25) is 0 Å². The fourth-order valence-corrected chi connectivity index (χ4v) is 3.20. The van der Waals surface area contributed by atoms with E-state index < -0.39 is 0 Å². The molecule has 2 rings (SSSR count). The van der Waals surface area contributed by atoms with Crippen molar-refractivity contribution in [1.29, 1.82) is 0 Å². The number of nitrogens with zero attached hydrogens (tertiary/aromatic N) is 5. The van der Waals surface area contributed by atoms with Gasteiger partial charge in [0.1, 0.15) is 12.2 Å². The number of nitrogens with one attached hydrogen (secondary N) is 2.